The molecule has 0 aliphatic carbocycles. The van der Waals surface area contributed by atoms with E-state index in [4.69, 9.17) is 17.5 Å². The van der Waals surface area contributed by atoms with E-state index in [1.165, 1.54) is 25.9 Å². The first-order valence-electron chi connectivity index (χ1n) is 7.13. The molecule has 2 aromatic rings. The van der Waals surface area contributed by atoms with Gasteiger partial charge < -0.3 is 14.5 Å². The zero-order valence-electron chi connectivity index (χ0n) is 11.2. The van der Waals surface area contributed by atoms with Crippen molar-refractivity contribution in [1.29, 1.82) is 5.26 Å². The van der Waals surface area contributed by atoms with Crippen molar-refractivity contribution in [2.24, 2.45) is 5.92 Å². The van der Waals surface area contributed by atoms with Crippen LogP contribution in [0.3, 0.4) is 0 Å². The van der Waals surface area contributed by atoms with Crippen molar-refractivity contribution in [3.8, 4) is 6.07 Å². The fraction of sp³-hybridized carbons (Fsp3) is 0.467. The number of H-pyrrole nitrogens is 1. The predicted molar refractivity (Wildman–Crippen MR) is 80.0 cm³/mol. The molecule has 1 atom stereocenters. The molecule has 0 spiro atoms. The van der Waals surface area contributed by atoms with Gasteiger partial charge in [0.1, 0.15) is 0 Å². The maximum absolute atomic E-state index is 9.11. The van der Waals surface area contributed by atoms with E-state index in [1.54, 1.807) is 0 Å². The van der Waals surface area contributed by atoms with Crippen molar-refractivity contribution < 1.29 is 0 Å². The van der Waals surface area contributed by atoms with Gasteiger partial charge in [-0.05, 0) is 62.3 Å². The number of nitrogens with zero attached hydrogens (tertiary/aromatic N) is 3. The molecule has 102 valence electrons. The highest BCUT2D eigenvalue weighted by molar-refractivity contribution is 7.71. The summed E-state index contributed by atoms with van der Waals surface area (Å²) in [4.78, 5) is 5.81. The molecule has 4 heterocycles. The van der Waals surface area contributed by atoms with Gasteiger partial charge in [-0.3, -0.25) is 0 Å². The first kappa shape index (κ1) is 12.1. The maximum atomic E-state index is 9.11. The molecule has 20 heavy (non-hydrogen) atoms. The van der Waals surface area contributed by atoms with Crippen LogP contribution in [0.1, 0.15) is 24.4 Å². The van der Waals surface area contributed by atoms with Gasteiger partial charge in [0, 0.05) is 6.54 Å². The summed E-state index contributed by atoms with van der Waals surface area (Å²) < 4.78 is 3.04. The molecular weight excluding hydrogens is 268 g/mol. The topological polar surface area (TPSA) is 47.8 Å². The van der Waals surface area contributed by atoms with Crippen molar-refractivity contribution in [3.63, 3.8) is 0 Å². The molecule has 3 fully saturated rings. The molecule has 3 saturated heterocycles. The van der Waals surface area contributed by atoms with Crippen molar-refractivity contribution in [2.45, 2.75) is 18.9 Å². The molecule has 0 amide bonds. The Morgan fingerprint density at radius 2 is 2.10 bits per heavy atom. The maximum Gasteiger partial charge on any atom is 0.178 e. The van der Waals surface area contributed by atoms with E-state index in [1.807, 2.05) is 18.2 Å². The van der Waals surface area contributed by atoms with Crippen LogP contribution in [0.15, 0.2) is 18.2 Å². The molecule has 0 saturated carbocycles. The quantitative estimate of drug-likeness (QED) is 0.819. The molecule has 2 bridgehead atoms. The van der Waals surface area contributed by atoms with E-state index < -0.39 is 0 Å². The number of aromatic nitrogens is 2. The number of hydrogen-bond acceptors (Lipinski definition) is 3. The van der Waals surface area contributed by atoms with Crippen molar-refractivity contribution in [3.05, 3.63) is 28.5 Å². The third-order valence-corrected chi connectivity index (χ3v) is 5.10. The van der Waals surface area contributed by atoms with E-state index in [0.29, 0.717) is 11.6 Å². The molecule has 1 N–H and O–H groups in total. The molecular formula is C15H16N4S. The normalized spacial score (nSPS) is 28.6. The Labute approximate surface area is 122 Å². The van der Waals surface area contributed by atoms with Crippen LogP contribution in [-0.4, -0.2) is 34.1 Å². The summed E-state index contributed by atoms with van der Waals surface area (Å²) in [5.41, 5.74) is 2.81. The molecule has 5 rings (SSSR count). The molecule has 1 unspecified atom stereocenters. The number of imidazole rings is 1. The van der Waals surface area contributed by atoms with Crippen molar-refractivity contribution in [1.82, 2.24) is 14.5 Å². The van der Waals surface area contributed by atoms with E-state index in [0.717, 1.165) is 28.3 Å². The van der Waals surface area contributed by atoms with E-state index in [9.17, 15) is 0 Å². The van der Waals surface area contributed by atoms with Gasteiger partial charge in [-0.2, -0.15) is 5.26 Å². The lowest BCUT2D eigenvalue weighted by atomic mass is 9.84. The van der Waals surface area contributed by atoms with Gasteiger partial charge in [0.2, 0.25) is 0 Å². The summed E-state index contributed by atoms with van der Waals surface area (Å²) in [5, 5.41) is 9.11. The lowest BCUT2D eigenvalue weighted by molar-refractivity contribution is 0.0582. The molecule has 3 aliphatic heterocycles. The number of rotatable bonds is 1. The number of benzene rings is 1. The second-order valence-electron chi connectivity index (χ2n) is 5.85. The summed E-state index contributed by atoms with van der Waals surface area (Å²) in [6.45, 7) is 3.53. The smallest absolute Gasteiger partial charge is 0.178 e. The van der Waals surface area contributed by atoms with Crippen LogP contribution in [0.25, 0.3) is 11.0 Å². The van der Waals surface area contributed by atoms with Crippen LogP contribution in [0.4, 0.5) is 0 Å². The Balaban J connectivity index is 1.89. The number of nitriles is 1. The van der Waals surface area contributed by atoms with Gasteiger partial charge in [-0.25, -0.2) is 0 Å². The fourth-order valence-corrected chi connectivity index (χ4v) is 4.09. The first-order valence-corrected chi connectivity index (χ1v) is 7.54. The molecule has 5 heteroatoms. The number of aromatic amines is 1. The molecule has 3 aliphatic rings. The zero-order valence-corrected chi connectivity index (χ0v) is 12.0. The van der Waals surface area contributed by atoms with Gasteiger partial charge in [0.05, 0.1) is 28.7 Å². The van der Waals surface area contributed by atoms with Gasteiger partial charge in [-0.15, -0.1) is 0 Å². The highest BCUT2D eigenvalue weighted by Gasteiger charge is 2.36. The van der Waals surface area contributed by atoms with Crippen LogP contribution in [0.2, 0.25) is 0 Å². The number of fused-ring (bicyclic) bond motifs is 4. The van der Waals surface area contributed by atoms with E-state index in [-0.39, 0.29) is 0 Å². The third kappa shape index (κ3) is 1.72. The highest BCUT2D eigenvalue weighted by atomic mass is 32.1. The fourth-order valence-electron chi connectivity index (χ4n) is 3.75. The van der Waals surface area contributed by atoms with Gasteiger partial charge >= 0.3 is 0 Å². The third-order valence-electron chi connectivity index (χ3n) is 4.80. The van der Waals surface area contributed by atoms with Crippen molar-refractivity contribution >= 4 is 23.3 Å². The summed E-state index contributed by atoms with van der Waals surface area (Å²) in [5.74, 6) is 0.719. The van der Waals surface area contributed by atoms with Gasteiger partial charge in [0.15, 0.2) is 4.77 Å². The van der Waals surface area contributed by atoms with E-state index >= 15 is 0 Å². The number of hydrogen-bond donors (Lipinski definition) is 1. The second-order valence-corrected chi connectivity index (χ2v) is 6.24. The summed E-state index contributed by atoms with van der Waals surface area (Å²) in [6, 6.07) is 8.43. The summed E-state index contributed by atoms with van der Waals surface area (Å²) >= 11 is 5.53. The average Bonchev–Trinajstić information content (AvgIpc) is 2.83. The lowest BCUT2D eigenvalue weighted by Gasteiger charge is -2.45. The minimum absolute atomic E-state index is 0.452. The molecule has 4 nitrogen and oxygen atoms in total. The Hall–Kier alpha value is -1.64. The predicted octanol–water partition coefficient (Wildman–Crippen LogP) is 2.84. The van der Waals surface area contributed by atoms with Crippen LogP contribution in [-0.2, 0) is 0 Å². The Morgan fingerprint density at radius 3 is 2.75 bits per heavy atom. The lowest BCUT2D eigenvalue weighted by Crippen LogP contribution is -2.48. The first-order chi connectivity index (χ1) is 9.76. The van der Waals surface area contributed by atoms with Gasteiger partial charge in [-0.1, -0.05) is 0 Å². The minimum atomic E-state index is 0.452. The highest BCUT2D eigenvalue weighted by Crippen LogP contribution is 2.37. The number of nitrogens with one attached hydrogen (secondary N) is 1. The Kier molecular flexibility index (Phi) is 2.69. The van der Waals surface area contributed by atoms with Crippen LogP contribution in [0.5, 0.6) is 0 Å². The molecule has 1 aromatic heterocycles. The zero-order chi connectivity index (χ0) is 13.7. The summed E-state index contributed by atoms with van der Waals surface area (Å²) in [7, 11) is 0. The van der Waals surface area contributed by atoms with Gasteiger partial charge in [0.25, 0.3) is 0 Å². The van der Waals surface area contributed by atoms with Crippen LogP contribution < -0.4 is 0 Å². The SMILES string of the molecule is N#Cc1ccc2[nH]c(=S)n(C3CN4CCC3CC4)c2c1. The second kappa shape index (κ2) is 4.44. The van der Waals surface area contributed by atoms with E-state index in [2.05, 4.69) is 20.5 Å². The largest absolute Gasteiger partial charge is 0.331 e. The molecule has 1 aromatic carbocycles. The van der Waals surface area contributed by atoms with Crippen LogP contribution in [0, 0.1) is 22.0 Å². The number of piperidine rings is 3. The Morgan fingerprint density at radius 1 is 1.30 bits per heavy atom. The van der Waals surface area contributed by atoms with Crippen LogP contribution >= 0.6 is 12.2 Å². The summed E-state index contributed by atoms with van der Waals surface area (Å²) in [6.07, 6.45) is 2.52. The minimum Gasteiger partial charge on any atom is -0.331 e. The standard InChI is InChI=1S/C15H16N4S/c16-8-10-1-2-12-13(7-10)19(15(20)17-12)14-9-18-5-3-11(14)4-6-18/h1-2,7,11,14H,3-6,9H2,(H,17,20). The monoisotopic (exact) mass is 284 g/mol. The molecule has 0 radical (unpaired) electrons. The van der Waals surface area contributed by atoms with Crippen molar-refractivity contribution in [2.75, 3.05) is 19.6 Å². The average molecular weight is 284 g/mol. The Bertz CT molecular complexity index is 758.